The third kappa shape index (κ3) is 3.88. The molecule has 2 N–H and O–H groups in total. The first kappa shape index (κ1) is 11.3. The van der Waals surface area contributed by atoms with Gasteiger partial charge in [-0.3, -0.25) is 4.90 Å². The maximum Gasteiger partial charge on any atom is 0.0309 e. The van der Waals surface area contributed by atoms with Crippen LogP contribution in [0, 0.1) is 5.92 Å². The number of thioether (sulfide) groups is 1. The van der Waals surface area contributed by atoms with Crippen molar-refractivity contribution in [3.63, 3.8) is 0 Å². The standard InChI is InChI=1S/C10H22N2S/c1-9(2)3-4-12-5-6-13-8-10(12)7-11/h9-10H,3-8,11H2,1-2H3. The molecule has 1 aliphatic rings. The van der Waals surface area contributed by atoms with Gasteiger partial charge in [0, 0.05) is 30.6 Å². The zero-order valence-corrected chi connectivity index (χ0v) is 9.65. The minimum absolute atomic E-state index is 0.637. The lowest BCUT2D eigenvalue weighted by Gasteiger charge is -2.34. The summed E-state index contributed by atoms with van der Waals surface area (Å²) in [6, 6.07) is 0.637. The van der Waals surface area contributed by atoms with Crippen LogP contribution in [0.3, 0.4) is 0 Å². The molecule has 78 valence electrons. The van der Waals surface area contributed by atoms with E-state index in [-0.39, 0.29) is 0 Å². The molecule has 1 unspecified atom stereocenters. The lowest BCUT2D eigenvalue weighted by molar-refractivity contribution is 0.211. The second-order valence-electron chi connectivity index (χ2n) is 4.18. The molecule has 13 heavy (non-hydrogen) atoms. The highest BCUT2D eigenvalue weighted by molar-refractivity contribution is 7.99. The van der Waals surface area contributed by atoms with Gasteiger partial charge < -0.3 is 5.73 Å². The second-order valence-corrected chi connectivity index (χ2v) is 5.33. The van der Waals surface area contributed by atoms with E-state index in [2.05, 4.69) is 18.7 Å². The van der Waals surface area contributed by atoms with E-state index in [4.69, 9.17) is 5.73 Å². The Bertz CT molecular complexity index is 139. The van der Waals surface area contributed by atoms with Crippen molar-refractivity contribution in [2.75, 3.05) is 31.1 Å². The minimum Gasteiger partial charge on any atom is -0.329 e. The highest BCUT2D eigenvalue weighted by Gasteiger charge is 2.20. The van der Waals surface area contributed by atoms with Crippen LogP contribution in [-0.4, -0.2) is 42.1 Å². The first-order chi connectivity index (χ1) is 6.24. The number of hydrogen-bond donors (Lipinski definition) is 1. The fraction of sp³-hybridized carbons (Fsp3) is 1.00. The first-order valence-electron chi connectivity index (χ1n) is 5.26. The lowest BCUT2D eigenvalue weighted by atomic mass is 10.1. The molecule has 2 nitrogen and oxygen atoms in total. The van der Waals surface area contributed by atoms with Crippen molar-refractivity contribution in [1.29, 1.82) is 0 Å². The molecule has 0 spiro atoms. The summed E-state index contributed by atoms with van der Waals surface area (Å²) in [5.41, 5.74) is 5.75. The smallest absolute Gasteiger partial charge is 0.0309 e. The average Bonchev–Trinajstić information content (AvgIpc) is 2.15. The Balaban J connectivity index is 2.27. The highest BCUT2D eigenvalue weighted by atomic mass is 32.2. The van der Waals surface area contributed by atoms with Gasteiger partial charge in [0.25, 0.3) is 0 Å². The molecule has 1 saturated heterocycles. The van der Waals surface area contributed by atoms with Gasteiger partial charge in [0.2, 0.25) is 0 Å². The molecule has 0 aromatic rings. The van der Waals surface area contributed by atoms with Crippen LogP contribution >= 0.6 is 11.8 Å². The fourth-order valence-electron chi connectivity index (χ4n) is 1.62. The predicted molar refractivity (Wildman–Crippen MR) is 61.2 cm³/mol. The second kappa shape index (κ2) is 5.89. The molecule has 1 rings (SSSR count). The maximum absolute atomic E-state index is 5.75. The van der Waals surface area contributed by atoms with Crippen LogP contribution in [0.5, 0.6) is 0 Å². The topological polar surface area (TPSA) is 29.3 Å². The third-order valence-electron chi connectivity index (χ3n) is 2.62. The molecule has 0 radical (unpaired) electrons. The van der Waals surface area contributed by atoms with Crippen molar-refractivity contribution in [2.24, 2.45) is 11.7 Å². The molecule has 0 aromatic heterocycles. The predicted octanol–water partition coefficient (Wildman–Crippen LogP) is 1.41. The summed E-state index contributed by atoms with van der Waals surface area (Å²) in [5, 5.41) is 0. The van der Waals surface area contributed by atoms with E-state index in [1.165, 1.54) is 31.0 Å². The average molecular weight is 202 g/mol. The van der Waals surface area contributed by atoms with Crippen LogP contribution in [-0.2, 0) is 0 Å². The Morgan fingerprint density at radius 2 is 2.31 bits per heavy atom. The van der Waals surface area contributed by atoms with Gasteiger partial charge in [-0.1, -0.05) is 13.8 Å². The molecule has 0 amide bonds. The molecular formula is C10H22N2S. The van der Waals surface area contributed by atoms with Gasteiger partial charge in [0.05, 0.1) is 0 Å². The summed E-state index contributed by atoms with van der Waals surface area (Å²) < 4.78 is 0. The Hall–Kier alpha value is 0.270. The number of rotatable bonds is 4. The largest absolute Gasteiger partial charge is 0.329 e. The van der Waals surface area contributed by atoms with Crippen LogP contribution in [0.25, 0.3) is 0 Å². The van der Waals surface area contributed by atoms with Crippen LogP contribution in [0.4, 0.5) is 0 Å². The van der Waals surface area contributed by atoms with Crippen LogP contribution < -0.4 is 5.73 Å². The Kier molecular flexibility index (Phi) is 5.14. The highest BCUT2D eigenvalue weighted by Crippen LogP contribution is 2.16. The monoisotopic (exact) mass is 202 g/mol. The Morgan fingerprint density at radius 3 is 2.92 bits per heavy atom. The quantitative estimate of drug-likeness (QED) is 0.747. The van der Waals surface area contributed by atoms with Gasteiger partial charge in [0.15, 0.2) is 0 Å². The van der Waals surface area contributed by atoms with Crippen LogP contribution in [0.15, 0.2) is 0 Å². The minimum atomic E-state index is 0.637. The van der Waals surface area contributed by atoms with Crippen molar-refractivity contribution in [3.8, 4) is 0 Å². The van der Waals surface area contributed by atoms with Crippen molar-refractivity contribution in [3.05, 3.63) is 0 Å². The summed E-state index contributed by atoms with van der Waals surface area (Å²) in [6.07, 6.45) is 1.31. The third-order valence-corrected chi connectivity index (χ3v) is 3.71. The van der Waals surface area contributed by atoms with Gasteiger partial charge in [-0.25, -0.2) is 0 Å². The van der Waals surface area contributed by atoms with Gasteiger partial charge in [-0.2, -0.15) is 11.8 Å². The van der Waals surface area contributed by atoms with Gasteiger partial charge in [-0.05, 0) is 18.9 Å². The van der Waals surface area contributed by atoms with E-state index < -0.39 is 0 Å². The zero-order chi connectivity index (χ0) is 9.68. The van der Waals surface area contributed by atoms with Crippen molar-refractivity contribution < 1.29 is 0 Å². The molecule has 0 saturated carbocycles. The van der Waals surface area contributed by atoms with E-state index in [1.54, 1.807) is 0 Å². The van der Waals surface area contributed by atoms with E-state index >= 15 is 0 Å². The van der Waals surface area contributed by atoms with Crippen LogP contribution in [0.1, 0.15) is 20.3 Å². The maximum atomic E-state index is 5.75. The molecular weight excluding hydrogens is 180 g/mol. The zero-order valence-electron chi connectivity index (χ0n) is 8.83. The molecule has 1 fully saturated rings. The molecule has 1 aliphatic heterocycles. The van der Waals surface area contributed by atoms with Crippen molar-refractivity contribution in [1.82, 2.24) is 4.90 Å². The fourth-order valence-corrected chi connectivity index (χ4v) is 2.77. The molecule has 0 bridgehead atoms. The van der Waals surface area contributed by atoms with Gasteiger partial charge in [0.1, 0.15) is 0 Å². The van der Waals surface area contributed by atoms with Crippen molar-refractivity contribution >= 4 is 11.8 Å². The van der Waals surface area contributed by atoms with Crippen LogP contribution in [0.2, 0.25) is 0 Å². The number of nitrogens with two attached hydrogens (primary N) is 1. The molecule has 0 aliphatic carbocycles. The van der Waals surface area contributed by atoms with Gasteiger partial charge >= 0.3 is 0 Å². The summed E-state index contributed by atoms with van der Waals surface area (Å²) in [7, 11) is 0. The summed E-state index contributed by atoms with van der Waals surface area (Å²) in [6.45, 7) is 7.87. The SMILES string of the molecule is CC(C)CCN1CCSCC1CN. The first-order valence-corrected chi connectivity index (χ1v) is 6.41. The molecule has 0 aromatic carbocycles. The normalized spacial score (nSPS) is 25.4. The van der Waals surface area contributed by atoms with Gasteiger partial charge in [-0.15, -0.1) is 0 Å². The number of hydrogen-bond acceptors (Lipinski definition) is 3. The summed E-state index contributed by atoms with van der Waals surface area (Å²) in [4.78, 5) is 2.57. The number of nitrogens with zero attached hydrogens (tertiary/aromatic N) is 1. The Morgan fingerprint density at radius 1 is 1.54 bits per heavy atom. The van der Waals surface area contributed by atoms with E-state index in [1.807, 2.05) is 11.8 Å². The van der Waals surface area contributed by atoms with E-state index in [0.717, 1.165) is 12.5 Å². The Labute approximate surface area is 86.2 Å². The van der Waals surface area contributed by atoms with Crippen molar-refractivity contribution in [2.45, 2.75) is 26.3 Å². The summed E-state index contributed by atoms with van der Waals surface area (Å²) >= 11 is 2.04. The van der Waals surface area contributed by atoms with E-state index in [0.29, 0.717) is 6.04 Å². The molecule has 1 heterocycles. The van der Waals surface area contributed by atoms with E-state index in [9.17, 15) is 0 Å². The summed E-state index contributed by atoms with van der Waals surface area (Å²) in [5.74, 6) is 3.33. The molecule has 1 atom stereocenters. The lowest BCUT2D eigenvalue weighted by Crippen LogP contribution is -2.47. The molecule has 3 heteroatoms.